The first-order chi connectivity index (χ1) is 9.95. The maximum Gasteiger partial charge on any atom is 0.345 e. The van der Waals surface area contributed by atoms with Gasteiger partial charge in [0.2, 0.25) is 0 Å². The van der Waals surface area contributed by atoms with E-state index in [-0.39, 0.29) is 15.2 Å². The minimum absolute atomic E-state index is 0.0318. The summed E-state index contributed by atoms with van der Waals surface area (Å²) in [6.45, 7) is 3.42. The van der Waals surface area contributed by atoms with Crippen LogP contribution in [0.15, 0.2) is 16.3 Å². The minimum Gasteiger partial charge on any atom is -0.477 e. The fourth-order valence-corrected chi connectivity index (χ4v) is 5.05. The molecule has 1 fully saturated rings. The molecule has 1 aliphatic heterocycles. The summed E-state index contributed by atoms with van der Waals surface area (Å²) in [7, 11) is -3.62. The molecule has 0 aromatic carbocycles. The molecule has 0 aliphatic carbocycles. The third-order valence-corrected chi connectivity index (χ3v) is 6.69. The number of nitrogens with zero attached hydrogens (tertiary/aromatic N) is 1. The summed E-state index contributed by atoms with van der Waals surface area (Å²) in [6, 6.07) is 2.69. The number of rotatable bonds is 6. The number of aromatic carboxylic acids is 1. The molecular formula is C13H19NO5S2. The Balaban J connectivity index is 2.12. The van der Waals surface area contributed by atoms with Gasteiger partial charge >= 0.3 is 5.97 Å². The molecule has 8 heteroatoms. The Bertz CT molecular complexity index is 595. The van der Waals surface area contributed by atoms with E-state index in [1.165, 1.54) is 16.4 Å². The quantitative estimate of drug-likeness (QED) is 0.861. The van der Waals surface area contributed by atoms with E-state index >= 15 is 0 Å². The molecule has 0 radical (unpaired) electrons. The Labute approximate surface area is 128 Å². The molecule has 21 heavy (non-hydrogen) atoms. The van der Waals surface area contributed by atoms with Crippen LogP contribution >= 0.6 is 11.3 Å². The second kappa shape index (κ2) is 6.87. The molecule has 1 aliphatic rings. The summed E-state index contributed by atoms with van der Waals surface area (Å²) in [4.78, 5) is 10.9. The van der Waals surface area contributed by atoms with Crippen molar-refractivity contribution in [2.75, 3.05) is 19.7 Å². The lowest BCUT2D eigenvalue weighted by Gasteiger charge is -2.31. The highest BCUT2D eigenvalue weighted by atomic mass is 32.2. The van der Waals surface area contributed by atoms with Gasteiger partial charge < -0.3 is 9.84 Å². The molecule has 0 spiro atoms. The lowest BCUT2D eigenvalue weighted by atomic mass is 10.1. The first-order valence-corrected chi connectivity index (χ1v) is 9.15. The highest BCUT2D eigenvalue weighted by molar-refractivity contribution is 7.91. The summed E-state index contributed by atoms with van der Waals surface area (Å²) in [6.07, 6.45) is 2.44. The summed E-state index contributed by atoms with van der Waals surface area (Å²) < 4.78 is 32.2. The standard InChI is InChI=1S/C13H19NO5S2/c1-2-8-19-10-4-3-7-14(9-10)21(17,18)12-6-5-11(20-12)13(15)16/h5-6,10H,2-4,7-9H2,1H3,(H,15,16). The molecule has 118 valence electrons. The third-order valence-electron chi connectivity index (χ3n) is 3.28. The van der Waals surface area contributed by atoms with E-state index in [0.29, 0.717) is 19.7 Å². The van der Waals surface area contributed by atoms with Gasteiger partial charge in [0.05, 0.1) is 6.10 Å². The van der Waals surface area contributed by atoms with Crippen LogP contribution in [0.25, 0.3) is 0 Å². The molecule has 1 aromatic heterocycles. The number of thiophene rings is 1. The Morgan fingerprint density at radius 2 is 2.29 bits per heavy atom. The maximum atomic E-state index is 12.5. The second-order valence-corrected chi connectivity index (χ2v) is 8.17. The third kappa shape index (κ3) is 3.82. The van der Waals surface area contributed by atoms with Gasteiger partial charge in [0.15, 0.2) is 0 Å². The van der Waals surface area contributed by atoms with Crippen molar-refractivity contribution in [3.05, 3.63) is 17.0 Å². The van der Waals surface area contributed by atoms with Crippen LogP contribution in [0.1, 0.15) is 35.9 Å². The Kier molecular flexibility index (Phi) is 5.37. The topological polar surface area (TPSA) is 83.9 Å². The number of hydrogen-bond acceptors (Lipinski definition) is 5. The minimum atomic E-state index is -3.62. The number of carboxylic acids is 1. The van der Waals surface area contributed by atoms with Crippen molar-refractivity contribution in [2.24, 2.45) is 0 Å². The van der Waals surface area contributed by atoms with Gasteiger partial charge in [-0.2, -0.15) is 4.31 Å². The van der Waals surface area contributed by atoms with E-state index in [1.807, 2.05) is 6.92 Å². The summed E-state index contributed by atoms with van der Waals surface area (Å²) in [5, 5.41) is 8.90. The molecule has 2 heterocycles. The predicted octanol–water partition coefficient (Wildman–Crippen LogP) is 2.03. The van der Waals surface area contributed by atoms with Crippen molar-refractivity contribution >= 4 is 27.3 Å². The fraction of sp³-hybridized carbons (Fsp3) is 0.615. The van der Waals surface area contributed by atoms with Crippen LogP contribution in [-0.4, -0.2) is 49.6 Å². The van der Waals surface area contributed by atoms with Gasteiger partial charge in [-0.25, -0.2) is 13.2 Å². The Morgan fingerprint density at radius 1 is 1.52 bits per heavy atom. The first kappa shape index (κ1) is 16.4. The molecule has 1 aromatic rings. The fourth-order valence-electron chi connectivity index (χ4n) is 2.24. The normalized spacial score (nSPS) is 20.5. The second-order valence-electron chi connectivity index (χ2n) is 4.92. The van der Waals surface area contributed by atoms with Crippen molar-refractivity contribution in [2.45, 2.75) is 36.5 Å². The Hall–Kier alpha value is -0.960. The van der Waals surface area contributed by atoms with Crippen molar-refractivity contribution in [1.82, 2.24) is 4.31 Å². The van der Waals surface area contributed by atoms with E-state index in [2.05, 4.69) is 0 Å². The number of ether oxygens (including phenoxy) is 1. The van der Waals surface area contributed by atoms with Gasteiger partial charge in [-0.05, 0) is 31.4 Å². The van der Waals surface area contributed by atoms with Gasteiger partial charge in [-0.15, -0.1) is 11.3 Å². The van der Waals surface area contributed by atoms with Crippen LogP contribution in [0.5, 0.6) is 0 Å². The Morgan fingerprint density at radius 3 is 2.90 bits per heavy atom. The van der Waals surface area contributed by atoms with Gasteiger partial charge in [-0.1, -0.05) is 6.92 Å². The first-order valence-electron chi connectivity index (χ1n) is 6.90. The van der Waals surface area contributed by atoms with Gasteiger partial charge in [-0.3, -0.25) is 0 Å². The van der Waals surface area contributed by atoms with Crippen LogP contribution in [0.2, 0.25) is 0 Å². The monoisotopic (exact) mass is 333 g/mol. The highest BCUT2D eigenvalue weighted by Crippen LogP contribution is 2.27. The molecule has 1 saturated heterocycles. The number of piperidine rings is 1. The van der Waals surface area contributed by atoms with E-state index < -0.39 is 16.0 Å². The average molecular weight is 333 g/mol. The van der Waals surface area contributed by atoms with E-state index in [0.717, 1.165) is 30.6 Å². The molecule has 2 rings (SSSR count). The van der Waals surface area contributed by atoms with Crippen molar-refractivity contribution in [1.29, 1.82) is 0 Å². The van der Waals surface area contributed by atoms with Gasteiger partial charge in [0.25, 0.3) is 10.0 Å². The molecule has 1 atom stereocenters. The zero-order valence-electron chi connectivity index (χ0n) is 11.8. The van der Waals surface area contributed by atoms with Crippen LogP contribution in [-0.2, 0) is 14.8 Å². The van der Waals surface area contributed by atoms with Crippen molar-refractivity contribution < 1.29 is 23.1 Å². The van der Waals surface area contributed by atoms with Crippen molar-refractivity contribution in [3.8, 4) is 0 Å². The van der Waals surface area contributed by atoms with Gasteiger partial charge in [0, 0.05) is 19.7 Å². The maximum absolute atomic E-state index is 12.5. The zero-order valence-corrected chi connectivity index (χ0v) is 13.5. The molecule has 1 unspecified atom stereocenters. The molecule has 0 saturated carbocycles. The molecule has 0 amide bonds. The highest BCUT2D eigenvalue weighted by Gasteiger charge is 2.32. The molecule has 6 nitrogen and oxygen atoms in total. The molecule has 1 N–H and O–H groups in total. The van der Waals surface area contributed by atoms with E-state index in [4.69, 9.17) is 9.84 Å². The number of carbonyl (C=O) groups is 1. The van der Waals surface area contributed by atoms with Crippen LogP contribution in [0, 0.1) is 0 Å². The summed E-state index contributed by atoms with van der Waals surface area (Å²) in [5.41, 5.74) is 0. The van der Waals surface area contributed by atoms with Crippen LogP contribution < -0.4 is 0 Å². The molecular weight excluding hydrogens is 314 g/mol. The van der Waals surface area contributed by atoms with Crippen molar-refractivity contribution in [3.63, 3.8) is 0 Å². The van der Waals surface area contributed by atoms with E-state index in [9.17, 15) is 13.2 Å². The summed E-state index contributed by atoms with van der Waals surface area (Å²) in [5.74, 6) is -1.11. The SMILES string of the molecule is CCCOC1CCCN(S(=O)(=O)c2ccc(C(=O)O)s2)C1. The number of hydrogen-bond donors (Lipinski definition) is 1. The number of sulfonamides is 1. The largest absolute Gasteiger partial charge is 0.477 e. The smallest absolute Gasteiger partial charge is 0.345 e. The van der Waals surface area contributed by atoms with Crippen LogP contribution in [0.4, 0.5) is 0 Å². The van der Waals surface area contributed by atoms with E-state index in [1.54, 1.807) is 0 Å². The lowest BCUT2D eigenvalue weighted by molar-refractivity contribution is 0.0194. The van der Waals surface area contributed by atoms with Crippen LogP contribution in [0.3, 0.4) is 0 Å². The number of carboxylic acid groups (broad SMARTS) is 1. The molecule has 0 bridgehead atoms. The zero-order chi connectivity index (χ0) is 15.5. The predicted molar refractivity (Wildman–Crippen MR) is 79.3 cm³/mol. The van der Waals surface area contributed by atoms with Gasteiger partial charge in [0.1, 0.15) is 9.09 Å². The lowest BCUT2D eigenvalue weighted by Crippen LogP contribution is -2.43. The average Bonchev–Trinajstić information content (AvgIpc) is 2.96. The summed E-state index contributed by atoms with van der Waals surface area (Å²) >= 11 is 0.791.